The van der Waals surface area contributed by atoms with Crippen molar-refractivity contribution in [3.8, 4) is 0 Å². The first kappa shape index (κ1) is 12.2. The fourth-order valence-electron chi connectivity index (χ4n) is 0.923. The van der Waals surface area contributed by atoms with E-state index < -0.39 is 21.8 Å². The molecule has 3 nitrogen and oxygen atoms in total. The Morgan fingerprint density at radius 1 is 1.40 bits per heavy atom. The van der Waals surface area contributed by atoms with E-state index in [9.17, 15) is 16.7 Å². The Labute approximate surface area is 91.3 Å². The standard InChI is InChI=1S/C8H8ClF2NO2S/c9-7-5-6(1-2-8(7)10)12-3-4-15(11,13)14/h1-2,5,12H,3-4H2. The van der Waals surface area contributed by atoms with Crippen LogP contribution in [0, 0.1) is 5.82 Å². The number of benzene rings is 1. The Morgan fingerprint density at radius 3 is 2.60 bits per heavy atom. The summed E-state index contributed by atoms with van der Waals surface area (Å²) in [6, 6.07) is 3.81. The first-order valence-corrected chi connectivity index (χ1v) is 5.93. The van der Waals surface area contributed by atoms with Gasteiger partial charge < -0.3 is 5.32 Å². The van der Waals surface area contributed by atoms with Gasteiger partial charge in [-0.25, -0.2) is 4.39 Å². The largest absolute Gasteiger partial charge is 0.384 e. The smallest absolute Gasteiger partial charge is 0.304 e. The van der Waals surface area contributed by atoms with Gasteiger partial charge in [-0.05, 0) is 18.2 Å². The van der Waals surface area contributed by atoms with Gasteiger partial charge in [0.05, 0.1) is 10.8 Å². The molecule has 0 heterocycles. The van der Waals surface area contributed by atoms with Crippen molar-refractivity contribution in [2.24, 2.45) is 0 Å². The molecule has 0 aliphatic rings. The summed E-state index contributed by atoms with van der Waals surface area (Å²) in [6.07, 6.45) is 0. The van der Waals surface area contributed by atoms with E-state index in [0.717, 1.165) is 6.07 Å². The van der Waals surface area contributed by atoms with E-state index in [0.29, 0.717) is 5.69 Å². The van der Waals surface area contributed by atoms with Crippen molar-refractivity contribution in [1.82, 2.24) is 0 Å². The molecule has 0 unspecified atom stereocenters. The second kappa shape index (κ2) is 4.76. The Morgan fingerprint density at radius 2 is 2.07 bits per heavy atom. The molecule has 1 N–H and O–H groups in total. The van der Waals surface area contributed by atoms with Crippen molar-refractivity contribution in [3.63, 3.8) is 0 Å². The van der Waals surface area contributed by atoms with Crippen LogP contribution in [0.5, 0.6) is 0 Å². The van der Waals surface area contributed by atoms with Crippen LogP contribution in [-0.4, -0.2) is 20.7 Å². The molecule has 1 aromatic carbocycles. The van der Waals surface area contributed by atoms with Gasteiger partial charge >= 0.3 is 10.2 Å². The highest BCUT2D eigenvalue weighted by atomic mass is 35.5. The van der Waals surface area contributed by atoms with Gasteiger partial charge in [0.15, 0.2) is 0 Å². The highest BCUT2D eigenvalue weighted by molar-refractivity contribution is 7.86. The van der Waals surface area contributed by atoms with Gasteiger partial charge in [-0.3, -0.25) is 0 Å². The maximum absolute atomic E-state index is 12.7. The topological polar surface area (TPSA) is 46.2 Å². The molecule has 15 heavy (non-hydrogen) atoms. The lowest BCUT2D eigenvalue weighted by atomic mass is 10.3. The minimum absolute atomic E-state index is 0.0805. The van der Waals surface area contributed by atoms with Gasteiger partial charge in [0, 0.05) is 12.2 Å². The van der Waals surface area contributed by atoms with E-state index in [4.69, 9.17) is 11.6 Å². The zero-order chi connectivity index (χ0) is 11.5. The van der Waals surface area contributed by atoms with Crippen molar-refractivity contribution >= 4 is 27.5 Å². The van der Waals surface area contributed by atoms with Gasteiger partial charge in [0.25, 0.3) is 0 Å². The van der Waals surface area contributed by atoms with E-state index >= 15 is 0 Å². The molecule has 0 saturated heterocycles. The summed E-state index contributed by atoms with van der Waals surface area (Å²) in [5.41, 5.74) is 0.435. The zero-order valence-corrected chi connectivity index (χ0v) is 9.08. The quantitative estimate of drug-likeness (QED) is 0.839. The number of rotatable bonds is 4. The predicted molar refractivity (Wildman–Crippen MR) is 54.8 cm³/mol. The summed E-state index contributed by atoms with van der Waals surface area (Å²) in [4.78, 5) is 0. The van der Waals surface area contributed by atoms with E-state index in [-0.39, 0.29) is 11.6 Å². The van der Waals surface area contributed by atoms with Crippen molar-refractivity contribution < 1.29 is 16.7 Å². The molecular weight excluding hydrogens is 248 g/mol. The molecule has 0 aliphatic heterocycles. The number of hydrogen-bond donors (Lipinski definition) is 1. The Balaban J connectivity index is 2.55. The van der Waals surface area contributed by atoms with Crippen LogP contribution >= 0.6 is 11.6 Å². The summed E-state index contributed by atoms with van der Waals surface area (Å²) in [6.45, 7) is -0.0964. The second-order valence-corrected chi connectivity index (χ2v) is 4.69. The van der Waals surface area contributed by atoms with Crippen LogP contribution in [0.15, 0.2) is 18.2 Å². The van der Waals surface area contributed by atoms with Crippen molar-refractivity contribution in [3.05, 3.63) is 29.0 Å². The molecule has 0 aromatic heterocycles. The Kier molecular flexibility index (Phi) is 3.87. The van der Waals surface area contributed by atoms with Crippen LogP contribution < -0.4 is 5.32 Å². The van der Waals surface area contributed by atoms with Crippen LogP contribution in [0.3, 0.4) is 0 Å². The molecule has 0 spiro atoms. The number of nitrogens with one attached hydrogen (secondary N) is 1. The molecule has 0 fully saturated rings. The van der Waals surface area contributed by atoms with Crippen LogP contribution in [0.2, 0.25) is 5.02 Å². The molecular formula is C8H8ClF2NO2S. The molecule has 0 saturated carbocycles. The van der Waals surface area contributed by atoms with Crippen LogP contribution in [0.4, 0.5) is 14.0 Å². The van der Waals surface area contributed by atoms with Gasteiger partial charge in [-0.15, -0.1) is 3.89 Å². The fraction of sp³-hybridized carbons (Fsp3) is 0.250. The molecule has 0 amide bonds. The molecule has 7 heteroatoms. The highest BCUT2D eigenvalue weighted by Gasteiger charge is 2.06. The van der Waals surface area contributed by atoms with E-state index in [1.165, 1.54) is 12.1 Å². The number of anilines is 1. The minimum atomic E-state index is -4.48. The Hall–Kier alpha value is -0.880. The number of halogens is 3. The summed E-state index contributed by atoms with van der Waals surface area (Å²) in [5.74, 6) is -1.21. The van der Waals surface area contributed by atoms with E-state index in [1.807, 2.05) is 0 Å². The fourth-order valence-corrected chi connectivity index (χ4v) is 1.45. The maximum Gasteiger partial charge on any atom is 0.304 e. The highest BCUT2D eigenvalue weighted by Crippen LogP contribution is 2.19. The summed E-state index contributed by atoms with van der Waals surface area (Å²) >= 11 is 5.48. The first-order valence-electron chi connectivity index (χ1n) is 4.00. The molecule has 0 radical (unpaired) electrons. The zero-order valence-electron chi connectivity index (χ0n) is 7.50. The van der Waals surface area contributed by atoms with Crippen LogP contribution in [0.1, 0.15) is 0 Å². The van der Waals surface area contributed by atoms with E-state index in [2.05, 4.69) is 5.32 Å². The normalized spacial score (nSPS) is 11.4. The third kappa shape index (κ3) is 4.44. The summed E-state index contributed by atoms with van der Waals surface area (Å²) in [7, 11) is -4.48. The lowest BCUT2D eigenvalue weighted by molar-refractivity contribution is 0.552. The van der Waals surface area contributed by atoms with Gasteiger partial charge in [0.1, 0.15) is 5.82 Å². The van der Waals surface area contributed by atoms with Crippen molar-refractivity contribution in [1.29, 1.82) is 0 Å². The SMILES string of the molecule is O=S(=O)(F)CCNc1ccc(F)c(Cl)c1. The Bertz CT molecular complexity index is 450. The average molecular weight is 256 g/mol. The lowest BCUT2D eigenvalue weighted by Gasteiger charge is -2.04. The number of hydrogen-bond acceptors (Lipinski definition) is 3. The first-order chi connectivity index (χ1) is 6.88. The van der Waals surface area contributed by atoms with E-state index in [1.54, 1.807) is 0 Å². The van der Waals surface area contributed by atoms with Gasteiger partial charge in [-0.2, -0.15) is 8.42 Å². The molecule has 1 rings (SSSR count). The molecule has 0 aliphatic carbocycles. The van der Waals surface area contributed by atoms with Crippen molar-refractivity contribution in [2.75, 3.05) is 17.6 Å². The van der Waals surface area contributed by atoms with Crippen molar-refractivity contribution in [2.45, 2.75) is 0 Å². The molecule has 1 aromatic rings. The second-order valence-electron chi connectivity index (χ2n) is 2.80. The summed E-state index contributed by atoms with van der Waals surface area (Å²) in [5, 5.41) is 2.52. The monoisotopic (exact) mass is 255 g/mol. The molecule has 0 bridgehead atoms. The third-order valence-corrected chi connectivity index (χ3v) is 2.58. The van der Waals surface area contributed by atoms with Crippen LogP contribution in [0.25, 0.3) is 0 Å². The predicted octanol–water partition coefficient (Wildman–Crippen LogP) is 2.19. The van der Waals surface area contributed by atoms with Gasteiger partial charge in [-0.1, -0.05) is 11.6 Å². The lowest BCUT2D eigenvalue weighted by Crippen LogP contribution is -2.11. The molecule has 84 valence electrons. The van der Waals surface area contributed by atoms with Gasteiger partial charge in [0.2, 0.25) is 0 Å². The van der Waals surface area contributed by atoms with Crippen LogP contribution in [-0.2, 0) is 10.2 Å². The maximum atomic E-state index is 12.7. The minimum Gasteiger partial charge on any atom is -0.384 e. The average Bonchev–Trinajstić information content (AvgIpc) is 2.09. The third-order valence-electron chi connectivity index (χ3n) is 1.59. The summed E-state index contributed by atoms with van der Waals surface area (Å²) < 4.78 is 45.1. The molecule has 0 atom stereocenters.